The lowest BCUT2D eigenvalue weighted by atomic mass is 9.89. The summed E-state index contributed by atoms with van der Waals surface area (Å²) in [5.74, 6) is 1.74. The number of ether oxygens (including phenoxy) is 1. The number of carbonyl (C=O) groups is 1. The normalized spacial score (nSPS) is 15.6. The highest BCUT2D eigenvalue weighted by molar-refractivity contribution is 5.77. The Kier molecular flexibility index (Phi) is 7.95. The van der Waals surface area contributed by atoms with Crippen LogP contribution in [-0.2, 0) is 4.79 Å². The van der Waals surface area contributed by atoms with Crippen molar-refractivity contribution in [2.75, 3.05) is 33.3 Å². The van der Waals surface area contributed by atoms with Gasteiger partial charge in [0.15, 0.2) is 0 Å². The Balaban J connectivity index is 1.51. The molecule has 0 heterocycles. The van der Waals surface area contributed by atoms with Crippen molar-refractivity contribution < 1.29 is 9.53 Å². The van der Waals surface area contributed by atoms with Crippen molar-refractivity contribution in [2.24, 2.45) is 5.92 Å². The van der Waals surface area contributed by atoms with Crippen LogP contribution in [0.3, 0.4) is 0 Å². The molecule has 0 radical (unpaired) electrons. The molecule has 0 saturated heterocycles. The van der Waals surface area contributed by atoms with Crippen LogP contribution in [-0.4, -0.2) is 44.1 Å². The molecule has 1 aromatic carbocycles. The molecule has 1 amide bonds. The van der Waals surface area contributed by atoms with Crippen LogP contribution in [0.15, 0.2) is 30.3 Å². The third-order valence-corrected chi connectivity index (χ3v) is 4.42. The zero-order valence-electron chi connectivity index (χ0n) is 14.3. The second-order valence-corrected chi connectivity index (χ2v) is 6.56. The Morgan fingerprint density at radius 3 is 2.70 bits per heavy atom. The lowest BCUT2D eigenvalue weighted by Gasteiger charge is -2.22. The van der Waals surface area contributed by atoms with Crippen LogP contribution >= 0.6 is 0 Å². The minimum atomic E-state index is 0.141. The Morgan fingerprint density at radius 2 is 1.96 bits per heavy atom. The summed E-state index contributed by atoms with van der Waals surface area (Å²) in [6.07, 6.45) is 7.46. The van der Waals surface area contributed by atoms with E-state index in [0.29, 0.717) is 19.1 Å². The Hall–Kier alpha value is -1.55. The maximum atomic E-state index is 12.0. The summed E-state index contributed by atoms with van der Waals surface area (Å²) in [5.41, 5.74) is 0. The highest BCUT2D eigenvalue weighted by Gasteiger charge is 2.14. The van der Waals surface area contributed by atoms with Crippen LogP contribution in [0.2, 0.25) is 0 Å². The van der Waals surface area contributed by atoms with E-state index >= 15 is 0 Å². The van der Waals surface area contributed by atoms with E-state index in [4.69, 9.17) is 4.74 Å². The third kappa shape index (κ3) is 7.51. The van der Waals surface area contributed by atoms with Crippen molar-refractivity contribution >= 4 is 5.91 Å². The third-order valence-electron chi connectivity index (χ3n) is 4.42. The quantitative estimate of drug-likeness (QED) is 0.712. The van der Waals surface area contributed by atoms with Crippen molar-refractivity contribution in [3.8, 4) is 5.75 Å². The summed E-state index contributed by atoms with van der Waals surface area (Å²) < 4.78 is 5.66. The monoisotopic (exact) mass is 318 g/mol. The molecule has 1 fully saturated rings. The fourth-order valence-corrected chi connectivity index (χ4v) is 3.07. The predicted molar refractivity (Wildman–Crippen MR) is 93.6 cm³/mol. The first-order valence-corrected chi connectivity index (χ1v) is 8.87. The molecule has 0 bridgehead atoms. The lowest BCUT2D eigenvalue weighted by Crippen LogP contribution is -2.38. The fraction of sp³-hybridized carbons (Fsp3) is 0.632. The Labute approximate surface area is 140 Å². The molecule has 23 heavy (non-hydrogen) atoms. The zero-order chi connectivity index (χ0) is 16.3. The summed E-state index contributed by atoms with van der Waals surface area (Å²) in [5, 5.41) is 3.09. The summed E-state index contributed by atoms with van der Waals surface area (Å²) in [6, 6.07) is 9.84. The van der Waals surface area contributed by atoms with Gasteiger partial charge in [0.2, 0.25) is 5.91 Å². The molecule has 0 unspecified atom stereocenters. The van der Waals surface area contributed by atoms with Gasteiger partial charge in [-0.3, -0.25) is 9.69 Å². The number of hydrogen-bond donors (Lipinski definition) is 1. The minimum absolute atomic E-state index is 0.141. The molecule has 1 saturated carbocycles. The van der Waals surface area contributed by atoms with E-state index in [0.717, 1.165) is 25.3 Å². The van der Waals surface area contributed by atoms with Gasteiger partial charge in [0.25, 0.3) is 0 Å². The highest BCUT2D eigenvalue weighted by Crippen LogP contribution is 2.22. The molecule has 4 heteroatoms. The number of benzene rings is 1. The number of nitrogens with one attached hydrogen (secondary N) is 1. The van der Waals surface area contributed by atoms with Gasteiger partial charge in [0.1, 0.15) is 5.75 Å². The van der Waals surface area contributed by atoms with E-state index in [1.165, 1.54) is 32.1 Å². The second kappa shape index (κ2) is 10.3. The second-order valence-electron chi connectivity index (χ2n) is 6.56. The van der Waals surface area contributed by atoms with Gasteiger partial charge < -0.3 is 10.1 Å². The number of likely N-dealkylation sites (N-methyl/N-ethyl adjacent to an activating group) is 1. The number of para-hydroxylation sites is 1. The van der Waals surface area contributed by atoms with Gasteiger partial charge in [-0.15, -0.1) is 0 Å². The SMILES string of the molecule is CN(CCCOc1ccccc1)CC(=O)NCC1CCCCC1. The molecule has 1 N–H and O–H groups in total. The molecule has 4 nitrogen and oxygen atoms in total. The standard InChI is InChI=1S/C19H30N2O2/c1-21(13-8-14-23-18-11-6-3-7-12-18)16-19(22)20-15-17-9-4-2-5-10-17/h3,6-7,11-12,17H,2,4-5,8-10,13-16H2,1H3,(H,20,22). The molecule has 0 aliphatic heterocycles. The van der Waals surface area contributed by atoms with Crippen LogP contribution in [0.25, 0.3) is 0 Å². The average Bonchev–Trinajstić information content (AvgIpc) is 2.59. The minimum Gasteiger partial charge on any atom is -0.494 e. The molecule has 1 aliphatic rings. The van der Waals surface area contributed by atoms with Crippen LogP contribution in [0, 0.1) is 5.92 Å². The van der Waals surface area contributed by atoms with Crippen molar-refractivity contribution in [1.82, 2.24) is 10.2 Å². The van der Waals surface area contributed by atoms with Gasteiger partial charge in [-0.1, -0.05) is 37.5 Å². The largest absolute Gasteiger partial charge is 0.494 e. The number of rotatable bonds is 9. The van der Waals surface area contributed by atoms with E-state index in [2.05, 4.69) is 10.2 Å². The molecule has 1 aromatic rings. The van der Waals surface area contributed by atoms with Crippen LogP contribution < -0.4 is 10.1 Å². The van der Waals surface area contributed by atoms with E-state index in [1.54, 1.807) is 0 Å². The first-order chi connectivity index (χ1) is 11.2. The van der Waals surface area contributed by atoms with Crippen molar-refractivity contribution in [1.29, 1.82) is 0 Å². The molecular weight excluding hydrogens is 288 g/mol. The maximum Gasteiger partial charge on any atom is 0.234 e. The Bertz CT molecular complexity index is 444. The molecule has 0 atom stereocenters. The van der Waals surface area contributed by atoms with Crippen molar-refractivity contribution in [3.63, 3.8) is 0 Å². The molecule has 2 rings (SSSR count). The smallest absolute Gasteiger partial charge is 0.234 e. The summed E-state index contributed by atoms with van der Waals surface area (Å²) in [7, 11) is 1.99. The molecule has 0 spiro atoms. The summed E-state index contributed by atoms with van der Waals surface area (Å²) >= 11 is 0. The van der Waals surface area contributed by atoms with Crippen LogP contribution in [0.4, 0.5) is 0 Å². The average molecular weight is 318 g/mol. The fourth-order valence-electron chi connectivity index (χ4n) is 3.07. The number of hydrogen-bond acceptors (Lipinski definition) is 3. The predicted octanol–water partition coefficient (Wildman–Crippen LogP) is 3.08. The van der Waals surface area contributed by atoms with Crippen LogP contribution in [0.1, 0.15) is 38.5 Å². The topological polar surface area (TPSA) is 41.6 Å². The highest BCUT2D eigenvalue weighted by atomic mass is 16.5. The first-order valence-electron chi connectivity index (χ1n) is 8.87. The van der Waals surface area contributed by atoms with Crippen LogP contribution in [0.5, 0.6) is 5.75 Å². The van der Waals surface area contributed by atoms with Gasteiger partial charge in [0, 0.05) is 13.1 Å². The van der Waals surface area contributed by atoms with E-state index < -0.39 is 0 Å². The van der Waals surface area contributed by atoms with E-state index in [1.807, 2.05) is 37.4 Å². The van der Waals surface area contributed by atoms with Gasteiger partial charge in [-0.05, 0) is 44.4 Å². The van der Waals surface area contributed by atoms with Gasteiger partial charge in [-0.25, -0.2) is 0 Å². The Morgan fingerprint density at radius 1 is 1.22 bits per heavy atom. The number of nitrogens with zero attached hydrogens (tertiary/aromatic N) is 1. The number of carbonyl (C=O) groups excluding carboxylic acids is 1. The molecular formula is C19H30N2O2. The maximum absolute atomic E-state index is 12.0. The van der Waals surface area contributed by atoms with E-state index in [-0.39, 0.29) is 5.91 Å². The van der Waals surface area contributed by atoms with Gasteiger partial charge in [0.05, 0.1) is 13.2 Å². The molecule has 1 aliphatic carbocycles. The van der Waals surface area contributed by atoms with Crippen molar-refractivity contribution in [2.45, 2.75) is 38.5 Å². The van der Waals surface area contributed by atoms with Crippen molar-refractivity contribution in [3.05, 3.63) is 30.3 Å². The summed E-state index contributed by atoms with van der Waals surface area (Å²) in [6.45, 7) is 2.86. The first kappa shape index (κ1) is 17.8. The molecule has 128 valence electrons. The summed E-state index contributed by atoms with van der Waals surface area (Å²) in [4.78, 5) is 14.0. The zero-order valence-corrected chi connectivity index (χ0v) is 14.3. The van der Waals surface area contributed by atoms with E-state index in [9.17, 15) is 4.79 Å². The lowest BCUT2D eigenvalue weighted by molar-refractivity contribution is -0.122. The van der Waals surface area contributed by atoms with Gasteiger partial charge >= 0.3 is 0 Å². The molecule has 0 aromatic heterocycles. The van der Waals surface area contributed by atoms with Gasteiger partial charge in [-0.2, -0.15) is 0 Å². The number of amides is 1.